The fourth-order valence-corrected chi connectivity index (χ4v) is 1.43. The largest absolute Gasteiger partial charge is 0.481 e. The standard InChI is InChI=1S/C14H21FN2O2/c1-4-14(2,3)17-13(18)9-19-12-6-5-10(8-16)7-11(12)15/h5-7H,4,8-9,16H2,1-3H3,(H,17,18). The van der Waals surface area contributed by atoms with Crippen molar-refractivity contribution in [2.24, 2.45) is 5.73 Å². The van der Waals surface area contributed by atoms with Gasteiger partial charge in [-0.3, -0.25) is 4.79 Å². The molecule has 19 heavy (non-hydrogen) atoms. The monoisotopic (exact) mass is 268 g/mol. The topological polar surface area (TPSA) is 64.3 Å². The molecule has 0 saturated carbocycles. The molecule has 0 aliphatic heterocycles. The molecule has 3 N–H and O–H groups in total. The Morgan fingerprint density at radius 2 is 2.16 bits per heavy atom. The van der Waals surface area contributed by atoms with Crippen LogP contribution < -0.4 is 15.8 Å². The molecule has 1 rings (SSSR count). The molecule has 106 valence electrons. The molecule has 1 amide bonds. The molecule has 0 aromatic heterocycles. The molecule has 0 aliphatic rings. The number of benzene rings is 1. The van der Waals surface area contributed by atoms with Crippen LogP contribution in [0.4, 0.5) is 4.39 Å². The minimum atomic E-state index is -0.509. The maximum Gasteiger partial charge on any atom is 0.258 e. The Morgan fingerprint density at radius 3 is 2.68 bits per heavy atom. The molecule has 0 atom stereocenters. The highest BCUT2D eigenvalue weighted by atomic mass is 19.1. The molecule has 1 aromatic carbocycles. The second kappa shape index (κ2) is 6.52. The lowest BCUT2D eigenvalue weighted by Gasteiger charge is -2.24. The minimum absolute atomic E-state index is 0.0571. The SMILES string of the molecule is CCC(C)(C)NC(=O)COc1ccc(CN)cc1F. The molecular weight excluding hydrogens is 247 g/mol. The average molecular weight is 268 g/mol. The summed E-state index contributed by atoms with van der Waals surface area (Å²) < 4.78 is 18.7. The van der Waals surface area contributed by atoms with E-state index >= 15 is 0 Å². The zero-order chi connectivity index (χ0) is 14.5. The van der Waals surface area contributed by atoms with E-state index in [0.29, 0.717) is 5.56 Å². The third-order valence-electron chi connectivity index (χ3n) is 2.95. The van der Waals surface area contributed by atoms with Gasteiger partial charge in [0.05, 0.1) is 0 Å². The summed E-state index contributed by atoms with van der Waals surface area (Å²) in [5.74, 6) is -0.721. The van der Waals surface area contributed by atoms with Gasteiger partial charge in [-0.2, -0.15) is 0 Å². The Kier molecular flexibility index (Phi) is 5.30. The van der Waals surface area contributed by atoms with E-state index in [1.54, 1.807) is 6.07 Å². The van der Waals surface area contributed by atoms with E-state index in [9.17, 15) is 9.18 Å². The van der Waals surface area contributed by atoms with Crippen LogP contribution in [0.2, 0.25) is 0 Å². The van der Waals surface area contributed by atoms with Gasteiger partial charge < -0.3 is 15.8 Å². The lowest BCUT2D eigenvalue weighted by Crippen LogP contribution is -2.44. The fourth-order valence-electron chi connectivity index (χ4n) is 1.43. The highest BCUT2D eigenvalue weighted by Gasteiger charge is 2.18. The van der Waals surface area contributed by atoms with Gasteiger partial charge in [-0.25, -0.2) is 4.39 Å². The summed E-state index contributed by atoms with van der Waals surface area (Å²) in [7, 11) is 0. The van der Waals surface area contributed by atoms with Gasteiger partial charge in [-0.05, 0) is 38.0 Å². The third kappa shape index (κ3) is 4.87. The Bertz CT molecular complexity index is 447. The third-order valence-corrected chi connectivity index (χ3v) is 2.95. The van der Waals surface area contributed by atoms with E-state index in [-0.39, 0.29) is 30.3 Å². The van der Waals surface area contributed by atoms with E-state index in [0.717, 1.165) is 6.42 Å². The van der Waals surface area contributed by atoms with Crippen molar-refractivity contribution in [1.29, 1.82) is 0 Å². The first-order chi connectivity index (χ1) is 8.88. The van der Waals surface area contributed by atoms with Gasteiger partial charge in [0.15, 0.2) is 18.2 Å². The number of rotatable bonds is 6. The number of nitrogens with two attached hydrogens (primary N) is 1. The van der Waals surface area contributed by atoms with E-state index in [1.165, 1.54) is 12.1 Å². The van der Waals surface area contributed by atoms with Gasteiger partial charge in [-0.15, -0.1) is 0 Å². The molecular formula is C14H21FN2O2. The van der Waals surface area contributed by atoms with Gasteiger partial charge >= 0.3 is 0 Å². The summed E-state index contributed by atoms with van der Waals surface area (Å²) >= 11 is 0. The van der Waals surface area contributed by atoms with Crippen molar-refractivity contribution in [2.45, 2.75) is 39.3 Å². The number of carbonyl (C=O) groups excluding carboxylic acids is 1. The van der Waals surface area contributed by atoms with Crippen LogP contribution in [-0.2, 0) is 11.3 Å². The molecule has 0 bridgehead atoms. The lowest BCUT2D eigenvalue weighted by atomic mass is 10.0. The molecule has 0 fully saturated rings. The number of amides is 1. The van der Waals surface area contributed by atoms with Crippen molar-refractivity contribution >= 4 is 5.91 Å². The van der Waals surface area contributed by atoms with Gasteiger partial charge in [0.25, 0.3) is 5.91 Å². The second-order valence-electron chi connectivity index (χ2n) is 5.04. The molecule has 0 radical (unpaired) electrons. The lowest BCUT2D eigenvalue weighted by molar-refractivity contribution is -0.124. The van der Waals surface area contributed by atoms with E-state index in [2.05, 4.69) is 5.32 Å². The Hall–Kier alpha value is -1.62. The van der Waals surface area contributed by atoms with E-state index in [4.69, 9.17) is 10.5 Å². The van der Waals surface area contributed by atoms with Crippen LogP contribution in [0.15, 0.2) is 18.2 Å². The molecule has 0 saturated heterocycles. The first-order valence-corrected chi connectivity index (χ1v) is 6.30. The number of hydrogen-bond donors (Lipinski definition) is 2. The van der Waals surface area contributed by atoms with Crippen LogP contribution in [0, 0.1) is 5.82 Å². The van der Waals surface area contributed by atoms with Crippen LogP contribution in [0.25, 0.3) is 0 Å². The van der Waals surface area contributed by atoms with Crippen molar-refractivity contribution < 1.29 is 13.9 Å². The molecule has 4 nitrogen and oxygen atoms in total. The number of halogens is 1. The highest BCUT2D eigenvalue weighted by molar-refractivity contribution is 5.78. The first kappa shape index (κ1) is 15.4. The van der Waals surface area contributed by atoms with Crippen molar-refractivity contribution in [2.75, 3.05) is 6.61 Å². The number of nitrogens with one attached hydrogen (secondary N) is 1. The Morgan fingerprint density at radius 1 is 1.47 bits per heavy atom. The van der Waals surface area contributed by atoms with Gasteiger partial charge in [0, 0.05) is 12.1 Å². The van der Waals surface area contributed by atoms with Crippen LogP contribution >= 0.6 is 0 Å². The molecule has 1 aromatic rings. The van der Waals surface area contributed by atoms with Gasteiger partial charge in [-0.1, -0.05) is 13.0 Å². The second-order valence-corrected chi connectivity index (χ2v) is 5.04. The maximum atomic E-state index is 13.6. The summed E-state index contributed by atoms with van der Waals surface area (Å²) in [6.07, 6.45) is 0.804. The predicted octanol–water partition coefficient (Wildman–Crippen LogP) is 1.97. The molecule has 0 unspecified atom stereocenters. The predicted molar refractivity (Wildman–Crippen MR) is 72.3 cm³/mol. The van der Waals surface area contributed by atoms with Crippen molar-refractivity contribution in [3.8, 4) is 5.75 Å². The molecule has 0 heterocycles. The summed E-state index contributed by atoms with van der Waals surface area (Å²) in [5.41, 5.74) is 5.80. The van der Waals surface area contributed by atoms with Crippen LogP contribution in [0.1, 0.15) is 32.8 Å². The van der Waals surface area contributed by atoms with Crippen LogP contribution in [0.3, 0.4) is 0 Å². The average Bonchev–Trinajstić information content (AvgIpc) is 2.36. The number of ether oxygens (including phenoxy) is 1. The van der Waals surface area contributed by atoms with Crippen molar-refractivity contribution in [1.82, 2.24) is 5.32 Å². The molecule has 5 heteroatoms. The normalized spacial score (nSPS) is 11.2. The zero-order valence-corrected chi connectivity index (χ0v) is 11.6. The van der Waals surface area contributed by atoms with Crippen LogP contribution in [0.5, 0.6) is 5.75 Å². The molecule has 0 spiro atoms. The smallest absolute Gasteiger partial charge is 0.258 e. The fraction of sp³-hybridized carbons (Fsp3) is 0.500. The summed E-state index contributed by atoms with van der Waals surface area (Å²) in [5, 5.41) is 2.81. The van der Waals surface area contributed by atoms with Crippen LogP contribution in [-0.4, -0.2) is 18.1 Å². The highest BCUT2D eigenvalue weighted by Crippen LogP contribution is 2.18. The summed E-state index contributed by atoms with van der Waals surface area (Å²) in [6.45, 7) is 5.88. The zero-order valence-electron chi connectivity index (χ0n) is 11.6. The minimum Gasteiger partial charge on any atom is -0.481 e. The number of carbonyl (C=O) groups is 1. The number of hydrogen-bond acceptors (Lipinski definition) is 3. The summed E-state index contributed by atoms with van der Waals surface area (Å²) in [4.78, 5) is 11.6. The van der Waals surface area contributed by atoms with Crippen molar-refractivity contribution in [3.63, 3.8) is 0 Å². The molecule has 0 aliphatic carbocycles. The van der Waals surface area contributed by atoms with Gasteiger partial charge in [0.2, 0.25) is 0 Å². The quantitative estimate of drug-likeness (QED) is 0.829. The van der Waals surface area contributed by atoms with E-state index < -0.39 is 5.82 Å². The van der Waals surface area contributed by atoms with Gasteiger partial charge in [0.1, 0.15) is 0 Å². The Labute approximate surface area is 113 Å². The van der Waals surface area contributed by atoms with Crippen molar-refractivity contribution in [3.05, 3.63) is 29.6 Å². The first-order valence-electron chi connectivity index (χ1n) is 6.30. The maximum absolute atomic E-state index is 13.6. The van der Waals surface area contributed by atoms with E-state index in [1.807, 2.05) is 20.8 Å². The Balaban J connectivity index is 2.55. The summed E-state index contributed by atoms with van der Waals surface area (Å²) in [6, 6.07) is 4.46.